The van der Waals surface area contributed by atoms with Gasteiger partial charge in [-0.3, -0.25) is 0 Å². The zero-order chi connectivity index (χ0) is 11.8. The summed E-state index contributed by atoms with van der Waals surface area (Å²) in [5, 5.41) is 0. The lowest BCUT2D eigenvalue weighted by Gasteiger charge is -2.05. The van der Waals surface area contributed by atoms with Gasteiger partial charge in [0.15, 0.2) is 5.96 Å². The highest BCUT2D eigenvalue weighted by Gasteiger charge is 1.95. The molecule has 0 bridgehead atoms. The molecule has 0 aliphatic carbocycles. The quantitative estimate of drug-likeness (QED) is 0.417. The van der Waals surface area contributed by atoms with Gasteiger partial charge >= 0.3 is 0 Å². The molecule has 0 fully saturated rings. The summed E-state index contributed by atoms with van der Waals surface area (Å²) >= 11 is 0. The first kappa shape index (κ1) is 12.3. The van der Waals surface area contributed by atoms with Gasteiger partial charge in [0.2, 0.25) is 0 Å². The maximum Gasteiger partial charge on any atom is 0.186 e. The Kier molecular flexibility index (Phi) is 5.15. The molecular weight excluding hydrogens is 206 g/mol. The van der Waals surface area contributed by atoms with Crippen LogP contribution in [0, 0.1) is 0 Å². The highest BCUT2D eigenvalue weighted by Crippen LogP contribution is 2.12. The molecule has 1 aromatic rings. The molecule has 0 aliphatic heterocycles. The number of guanidine groups is 1. The minimum atomic E-state index is 0.0976. The Balaban J connectivity index is 2.44. The van der Waals surface area contributed by atoms with Gasteiger partial charge in [-0.1, -0.05) is 12.1 Å². The molecule has 0 saturated heterocycles. The number of ether oxygens (including phenoxy) is 2. The average molecular weight is 223 g/mol. The van der Waals surface area contributed by atoms with Gasteiger partial charge in [0.05, 0.1) is 13.2 Å². The average Bonchev–Trinajstić information content (AvgIpc) is 2.28. The number of nitrogens with zero attached hydrogens (tertiary/aromatic N) is 1. The molecule has 0 unspecified atom stereocenters. The van der Waals surface area contributed by atoms with Crippen LogP contribution in [0.25, 0.3) is 0 Å². The molecule has 0 radical (unpaired) electrons. The molecule has 88 valence electrons. The van der Waals surface area contributed by atoms with Crippen molar-refractivity contribution in [1.29, 1.82) is 0 Å². The van der Waals surface area contributed by atoms with Crippen LogP contribution in [0.2, 0.25) is 0 Å². The van der Waals surface area contributed by atoms with Crippen LogP contribution in [-0.2, 0) is 11.3 Å². The Labute approximate surface area is 95.1 Å². The molecule has 4 N–H and O–H groups in total. The van der Waals surface area contributed by atoms with Crippen LogP contribution in [0.4, 0.5) is 0 Å². The Bertz CT molecular complexity index is 332. The van der Waals surface area contributed by atoms with Gasteiger partial charge in [0.25, 0.3) is 0 Å². The van der Waals surface area contributed by atoms with Crippen LogP contribution in [0.5, 0.6) is 5.75 Å². The molecule has 1 aromatic carbocycles. The molecule has 0 aliphatic rings. The third kappa shape index (κ3) is 4.65. The molecule has 5 heteroatoms. The van der Waals surface area contributed by atoms with E-state index in [-0.39, 0.29) is 5.96 Å². The maximum atomic E-state index is 5.42. The SMILES string of the molecule is COCCOc1ccc(CN=C(N)N)cc1. The van der Waals surface area contributed by atoms with Crippen molar-refractivity contribution < 1.29 is 9.47 Å². The molecule has 0 spiro atoms. The lowest BCUT2D eigenvalue weighted by Crippen LogP contribution is -2.22. The molecular formula is C11H17N3O2. The lowest BCUT2D eigenvalue weighted by atomic mass is 10.2. The third-order valence-electron chi connectivity index (χ3n) is 1.92. The van der Waals surface area contributed by atoms with E-state index in [1.54, 1.807) is 7.11 Å². The normalized spacial score (nSPS) is 9.81. The van der Waals surface area contributed by atoms with Crippen LogP contribution in [0.1, 0.15) is 5.56 Å². The molecule has 16 heavy (non-hydrogen) atoms. The second-order valence-electron chi connectivity index (χ2n) is 3.23. The Hall–Kier alpha value is -1.75. The minimum absolute atomic E-state index is 0.0976. The van der Waals surface area contributed by atoms with Crippen molar-refractivity contribution in [2.75, 3.05) is 20.3 Å². The van der Waals surface area contributed by atoms with Gasteiger partial charge in [-0.2, -0.15) is 0 Å². The number of hydrogen-bond acceptors (Lipinski definition) is 3. The minimum Gasteiger partial charge on any atom is -0.491 e. The number of nitrogens with two attached hydrogens (primary N) is 2. The van der Waals surface area contributed by atoms with E-state index in [9.17, 15) is 0 Å². The van der Waals surface area contributed by atoms with Crippen molar-refractivity contribution in [1.82, 2.24) is 0 Å². The number of aliphatic imine (C=N–C) groups is 1. The topological polar surface area (TPSA) is 82.9 Å². The van der Waals surface area contributed by atoms with Crippen LogP contribution < -0.4 is 16.2 Å². The van der Waals surface area contributed by atoms with E-state index in [0.29, 0.717) is 19.8 Å². The van der Waals surface area contributed by atoms with Crippen molar-refractivity contribution in [3.05, 3.63) is 29.8 Å². The first-order chi connectivity index (χ1) is 7.72. The fourth-order valence-corrected chi connectivity index (χ4v) is 1.12. The van der Waals surface area contributed by atoms with E-state index in [1.807, 2.05) is 24.3 Å². The van der Waals surface area contributed by atoms with E-state index in [0.717, 1.165) is 11.3 Å². The molecule has 0 saturated carbocycles. The first-order valence-corrected chi connectivity index (χ1v) is 4.98. The fourth-order valence-electron chi connectivity index (χ4n) is 1.12. The highest BCUT2D eigenvalue weighted by atomic mass is 16.5. The van der Waals surface area contributed by atoms with Crippen molar-refractivity contribution in [3.8, 4) is 5.75 Å². The van der Waals surface area contributed by atoms with Gasteiger partial charge in [0, 0.05) is 7.11 Å². The first-order valence-electron chi connectivity index (χ1n) is 4.98. The predicted octanol–water partition coefficient (Wildman–Crippen LogP) is 0.485. The summed E-state index contributed by atoms with van der Waals surface area (Å²) in [5.41, 5.74) is 11.5. The van der Waals surface area contributed by atoms with Crippen molar-refractivity contribution in [2.45, 2.75) is 6.54 Å². The van der Waals surface area contributed by atoms with Gasteiger partial charge < -0.3 is 20.9 Å². The molecule has 0 heterocycles. The Morgan fingerprint density at radius 1 is 1.19 bits per heavy atom. The van der Waals surface area contributed by atoms with Gasteiger partial charge in [-0.15, -0.1) is 0 Å². The maximum absolute atomic E-state index is 5.42. The summed E-state index contributed by atoms with van der Waals surface area (Å²) in [6.45, 7) is 1.61. The third-order valence-corrected chi connectivity index (χ3v) is 1.92. The number of methoxy groups -OCH3 is 1. The Morgan fingerprint density at radius 2 is 1.88 bits per heavy atom. The number of hydrogen-bond donors (Lipinski definition) is 2. The molecule has 1 rings (SSSR count). The molecule has 0 amide bonds. The zero-order valence-corrected chi connectivity index (χ0v) is 9.35. The summed E-state index contributed by atoms with van der Waals surface area (Å²) in [6, 6.07) is 7.61. The second kappa shape index (κ2) is 6.68. The largest absolute Gasteiger partial charge is 0.491 e. The van der Waals surface area contributed by atoms with Gasteiger partial charge in [-0.05, 0) is 17.7 Å². The van der Waals surface area contributed by atoms with Gasteiger partial charge in [0.1, 0.15) is 12.4 Å². The monoisotopic (exact) mass is 223 g/mol. The van der Waals surface area contributed by atoms with Crippen LogP contribution >= 0.6 is 0 Å². The van der Waals surface area contributed by atoms with E-state index in [1.165, 1.54) is 0 Å². The Morgan fingerprint density at radius 3 is 2.44 bits per heavy atom. The number of benzene rings is 1. The number of rotatable bonds is 6. The summed E-state index contributed by atoms with van der Waals surface area (Å²) in [6.07, 6.45) is 0. The smallest absolute Gasteiger partial charge is 0.186 e. The van der Waals surface area contributed by atoms with E-state index in [2.05, 4.69) is 4.99 Å². The molecule has 5 nitrogen and oxygen atoms in total. The predicted molar refractivity (Wildman–Crippen MR) is 63.3 cm³/mol. The van der Waals surface area contributed by atoms with Crippen molar-refractivity contribution in [3.63, 3.8) is 0 Å². The summed E-state index contributed by atoms with van der Waals surface area (Å²) in [7, 11) is 1.64. The van der Waals surface area contributed by atoms with E-state index in [4.69, 9.17) is 20.9 Å². The summed E-state index contributed by atoms with van der Waals surface area (Å²) in [5.74, 6) is 0.908. The zero-order valence-electron chi connectivity index (χ0n) is 9.35. The summed E-state index contributed by atoms with van der Waals surface area (Å²) < 4.78 is 10.3. The lowest BCUT2D eigenvalue weighted by molar-refractivity contribution is 0.146. The second-order valence-corrected chi connectivity index (χ2v) is 3.23. The van der Waals surface area contributed by atoms with Gasteiger partial charge in [-0.25, -0.2) is 4.99 Å². The highest BCUT2D eigenvalue weighted by molar-refractivity contribution is 5.75. The van der Waals surface area contributed by atoms with E-state index >= 15 is 0 Å². The van der Waals surface area contributed by atoms with Crippen LogP contribution in [-0.4, -0.2) is 26.3 Å². The molecule has 0 atom stereocenters. The van der Waals surface area contributed by atoms with Crippen molar-refractivity contribution in [2.24, 2.45) is 16.5 Å². The van der Waals surface area contributed by atoms with Crippen LogP contribution in [0.15, 0.2) is 29.3 Å². The molecule has 0 aromatic heterocycles. The van der Waals surface area contributed by atoms with Crippen LogP contribution in [0.3, 0.4) is 0 Å². The summed E-state index contributed by atoms with van der Waals surface area (Å²) in [4.78, 5) is 3.91. The van der Waals surface area contributed by atoms with Crippen molar-refractivity contribution >= 4 is 5.96 Å². The standard InChI is InChI=1S/C11H17N3O2/c1-15-6-7-16-10-4-2-9(3-5-10)8-14-11(12)13/h2-5H,6-8H2,1H3,(H4,12,13,14). The fraction of sp³-hybridized carbons (Fsp3) is 0.364. The van der Waals surface area contributed by atoms with E-state index < -0.39 is 0 Å².